The number of hydrogen-bond acceptors (Lipinski definition) is 6. The van der Waals surface area contributed by atoms with Gasteiger partial charge in [0.05, 0.1) is 11.8 Å². The molecule has 0 radical (unpaired) electrons. The summed E-state index contributed by atoms with van der Waals surface area (Å²) in [4.78, 5) is 35.5. The van der Waals surface area contributed by atoms with Crippen LogP contribution in [0.4, 0.5) is 9.93 Å². The Balaban J connectivity index is 1.76. The van der Waals surface area contributed by atoms with Crippen molar-refractivity contribution >= 4 is 34.4 Å². The van der Waals surface area contributed by atoms with Gasteiger partial charge in [0, 0.05) is 12.1 Å². The highest BCUT2D eigenvalue weighted by Gasteiger charge is 2.28. The van der Waals surface area contributed by atoms with Gasteiger partial charge in [-0.3, -0.25) is 9.59 Å². The van der Waals surface area contributed by atoms with E-state index in [9.17, 15) is 14.4 Å². The number of aryl methyl sites for hydroxylation is 1. The van der Waals surface area contributed by atoms with Gasteiger partial charge in [-0.05, 0) is 39.0 Å². The molecule has 9 nitrogen and oxygen atoms in total. The smallest absolute Gasteiger partial charge is 0.315 e. The van der Waals surface area contributed by atoms with Gasteiger partial charge in [0.25, 0.3) is 0 Å². The first-order valence-corrected chi connectivity index (χ1v) is 10.0. The van der Waals surface area contributed by atoms with E-state index in [1.807, 2.05) is 6.92 Å². The molecule has 1 aliphatic rings. The van der Waals surface area contributed by atoms with Gasteiger partial charge in [-0.1, -0.05) is 25.2 Å². The van der Waals surface area contributed by atoms with Crippen LogP contribution < -0.4 is 16.0 Å². The van der Waals surface area contributed by atoms with Crippen LogP contribution in [0.3, 0.4) is 0 Å². The number of amides is 3. The molecule has 1 fully saturated rings. The third kappa shape index (κ3) is 6.16. The molecule has 2 unspecified atom stereocenters. The van der Waals surface area contributed by atoms with Crippen LogP contribution in [0.25, 0.3) is 0 Å². The molecule has 1 aromatic rings. The molecule has 1 saturated carbocycles. The molecule has 1 heterocycles. The molecular weight excluding hydrogens is 370 g/mol. The molecule has 3 amide bonds. The van der Waals surface area contributed by atoms with Crippen molar-refractivity contribution in [3.8, 4) is 0 Å². The summed E-state index contributed by atoms with van der Waals surface area (Å²) in [5, 5.41) is 26.6. The molecule has 27 heavy (non-hydrogen) atoms. The van der Waals surface area contributed by atoms with Crippen molar-refractivity contribution in [1.29, 1.82) is 0 Å². The van der Waals surface area contributed by atoms with Crippen LogP contribution in [0.5, 0.6) is 0 Å². The van der Waals surface area contributed by atoms with E-state index in [0.29, 0.717) is 30.8 Å². The van der Waals surface area contributed by atoms with Crippen molar-refractivity contribution in [2.24, 2.45) is 11.8 Å². The van der Waals surface area contributed by atoms with Gasteiger partial charge in [0.15, 0.2) is 0 Å². The third-order valence-corrected chi connectivity index (χ3v) is 5.92. The number of nitrogens with one attached hydrogen (secondary N) is 3. The van der Waals surface area contributed by atoms with E-state index in [4.69, 9.17) is 5.11 Å². The predicted octanol–water partition coefficient (Wildman–Crippen LogP) is 2.01. The van der Waals surface area contributed by atoms with E-state index in [1.54, 1.807) is 13.8 Å². The van der Waals surface area contributed by atoms with Gasteiger partial charge in [-0.2, -0.15) is 0 Å². The van der Waals surface area contributed by atoms with Gasteiger partial charge < -0.3 is 21.1 Å². The Morgan fingerprint density at radius 2 is 1.85 bits per heavy atom. The first-order valence-electron chi connectivity index (χ1n) is 9.23. The van der Waals surface area contributed by atoms with E-state index in [-0.39, 0.29) is 29.9 Å². The predicted molar refractivity (Wildman–Crippen MR) is 102 cm³/mol. The summed E-state index contributed by atoms with van der Waals surface area (Å²) in [6, 6.07) is -0.755. The summed E-state index contributed by atoms with van der Waals surface area (Å²) in [6.07, 6.45) is 3.18. The van der Waals surface area contributed by atoms with Crippen molar-refractivity contribution in [3.05, 3.63) is 5.01 Å². The third-order valence-electron chi connectivity index (χ3n) is 4.93. The minimum Gasteiger partial charge on any atom is -0.481 e. The molecule has 2 rings (SSSR count). The fourth-order valence-electron chi connectivity index (χ4n) is 2.94. The molecule has 0 aliphatic heterocycles. The van der Waals surface area contributed by atoms with Crippen LogP contribution in [0.1, 0.15) is 51.5 Å². The first-order chi connectivity index (χ1) is 12.8. The van der Waals surface area contributed by atoms with Crippen molar-refractivity contribution in [1.82, 2.24) is 20.8 Å². The van der Waals surface area contributed by atoms with Gasteiger partial charge in [0.1, 0.15) is 5.01 Å². The Kier molecular flexibility index (Phi) is 7.52. The van der Waals surface area contributed by atoms with E-state index >= 15 is 0 Å². The second kappa shape index (κ2) is 9.63. The van der Waals surface area contributed by atoms with Gasteiger partial charge in [-0.15, -0.1) is 10.2 Å². The Labute approximate surface area is 162 Å². The Morgan fingerprint density at radius 3 is 2.41 bits per heavy atom. The number of urea groups is 1. The number of hydrogen-bond donors (Lipinski definition) is 4. The summed E-state index contributed by atoms with van der Waals surface area (Å²) >= 11 is 1.33. The highest BCUT2D eigenvalue weighted by atomic mass is 32.1. The maximum absolute atomic E-state index is 12.3. The van der Waals surface area contributed by atoms with Crippen LogP contribution in [-0.4, -0.2) is 45.3 Å². The zero-order valence-corrected chi connectivity index (χ0v) is 16.6. The molecule has 0 bridgehead atoms. The number of nitrogens with zero attached hydrogens (tertiary/aromatic N) is 2. The molecule has 1 aliphatic carbocycles. The molecule has 4 N–H and O–H groups in total. The maximum atomic E-state index is 12.3. The van der Waals surface area contributed by atoms with Crippen LogP contribution in [0, 0.1) is 11.8 Å². The average Bonchev–Trinajstić information content (AvgIpc) is 3.08. The van der Waals surface area contributed by atoms with E-state index in [2.05, 4.69) is 26.1 Å². The zero-order chi connectivity index (χ0) is 20.0. The summed E-state index contributed by atoms with van der Waals surface area (Å²) in [6.45, 7) is 5.47. The lowest BCUT2D eigenvalue weighted by atomic mass is 9.86. The average molecular weight is 398 g/mol. The number of carbonyl (C=O) groups excluding carboxylic acids is 2. The number of carboxylic acids is 1. The van der Waals surface area contributed by atoms with Crippen LogP contribution >= 0.6 is 11.3 Å². The highest BCUT2D eigenvalue weighted by molar-refractivity contribution is 7.15. The second-order valence-corrected chi connectivity index (χ2v) is 7.99. The lowest BCUT2D eigenvalue weighted by Crippen LogP contribution is -2.49. The Morgan fingerprint density at radius 1 is 1.19 bits per heavy atom. The Hall–Kier alpha value is -2.23. The molecule has 150 valence electrons. The van der Waals surface area contributed by atoms with Crippen molar-refractivity contribution in [3.63, 3.8) is 0 Å². The monoisotopic (exact) mass is 397 g/mol. The van der Waals surface area contributed by atoms with Crippen molar-refractivity contribution < 1.29 is 19.5 Å². The lowest BCUT2D eigenvalue weighted by Gasteiger charge is -2.28. The minimum atomic E-state index is -0.771. The number of rotatable bonds is 7. The van der Waals surface area contributed by atoms with Gasteiger partial charge in [0.2, 0.25) is 11.0 Å². The molecular formula is C17H27N5O4S. The molecule has 10 heteroatoms. The molecule has 0 spiro atoms. The second-order valence-electron chi connectivity index (χ2n) is 6.93. The van der Waals surface area contributed by atoms with Crippen LogP contribution in [0.15, 0.2) is 0 Å². The number of anilines is 1. The molecule has 0 saturated heterocycles. The van der Waals surface area contributed by atoms with E-state index in [0.717, 1.165) is 11.4 Å². The largest absolute Gasteiger partial charge is 0.481 e. The first kappa shape index (κ1) is 21.1. The number of aromatic nitrogens is 2. The van der Waals surface area contributed by atoms with Crippen LogP contribution in [-0.2, 0) is 16.0 Å². The summed E-state index contributed by atoms with van der Waals surface area (Å²) in [7, 11) is 0. The van der Waals surface area contributed by atoms with E-state index < -0.39 is 11.9 Å². The van der Waals surface area contributed by atoms with E-state index in [1.165, 1.54) is 11.3 Å². The number of carbonyl (C=O) groups is 3. The lowest BCUT2D eigenvalue weighted by molar-refractivity contribution is -0.142. The number of carboxylic acid groups (broad SMARTS) is 1. The topological polar surface area (TPSA) is 133 Å². The summed E-state index contributed by atoms with van der Waals surface area (Å²) in [5.74, 6) is -1.77. The maximum Gasteiger partial charge on any atom is 0.315 e. The minimum absolute atomic E-state index is 0.0363. The summed E-state index contributed by atoms with van der Waals surface area (Å²) in [5.41, 5.74) is 0. The highest BCUT2D eigenvalue weighted by Crippen LogP contribution is 2.24. The number of aliphatic carboxylic acids is 1. The fraction of sp³-hybridized carbons (Fsp3) is 0.706. The normalized spacial score (nSPS) is 21.7. The van der Waals surface area contributed by atoms with Gasteiger partial charge in [-0.25, -0.2) is 4.79 Å². The molecule has 2 atom stereocenters. The molecule has 1 aromatic heterocycles. The standard InChI is InChI=1S/C17H27N5O4S/c1-4-13-21-22-17(27-13)20-14(23)9(2)10(3)18-16(26)19-12-7-5-11(6-8-12)15(24)25/h9-12H,4-8H2,1-3H3,(H,24,25)(H2,18,19,26)(H,20,22,23). The van der Waals surface area contributed by atoms with Crippen molar-refractivity contribution in [2.45, 2.75) is 65.0 Å². The SMILES string of the molecule is CCc1nnc(NC(=O)C(C)C(C)NC(=O)NC2CCC(C(=O)O)CC2)s1. The quantitative estimate of drug-likeness (QED) is 0.556. The van der Waals surface area contributed by atoms with Crippen molar-refractivity contribution in [2.75, 3.05) is 5.32 Å². The Bertz CT molecular complexity index is 672. The van der Waals surface area contributed by atoms with Gasteiger partial charge >= 0.3 is 12.0 Å². The summed E-state index contributed by atoms with van der Waals surface area (Å²) < 4.78 is 0. The zero-order valence-electron chi connectivity index (χ0n) is 15.8. The fourth-order valence-corrected chi connectivity index (χ4v) is 3.62. The van der Waals surface area contributed by atoms with Crippen LogP contribution in [0.2, 0.25) is 0 Å². The molecule has 0 aromatic carbocycles.